The van der Waals surface area contributed by atoms with Gasteiger partial charge >= 0.3 is 0 Å². The van der Waals surface area contributed by atoms with Gasteiger partial charge in [-0.25, -0.2) is 9.82 Å². The van der Waals surface area contributed by atoms with Crippen LogP contribution in [-0.4, -0.2) is 0 Å². The van der Waals surface area contributed by atoms with Crippen LogP contribution in [0.3, 0.4) is 0 Å². The van der Waals surface area contributed by atoms with E-state index >= 15 is 0 Å². The highest BCUT2D eigenvalue weighted by Gasteiger charge is 2.18. The summed E-state index contributed by atoms with van der Waals surface area (Å²) < 4.78 is 15.3. The molecule has 2 rings (SSSR count). The molecule has 2 aromatic rings. The summed E-state index contributed by atoms with van der Waals surface area (Å²) in [5.74, 6) is 5.23. The fourth-order valence-electron chi connectivity index (χ4n) is 1.80. The Morgan fingerprint density at radius 3 is 2.53 bits per heavy atom. The summed E-state index contributed by atoms with van der Waals surface area (Å²) in [5, 5.41) is 0.592. The first kappa shape index (κ1) is 14.9. The first-order valence-corrected chi connectivity index (χ1v) is 7.36. The van der Waals surface area contributed by atoms with Gasteiger partial charge in [-0.2, -0.15) is 0 Å². The van der Waals surface area contributed by atoms with Gasteiger partial charge in [-0.05, 0) is 55.6 Å². The van der Waals surface area contributed by atoms with E-state index in [2.05, 4.69) is 37.3 Å². The Morgan fingerprint density at radius 2 is 1.89 bits per heavy atom. The normalized spacial score (nSPS) is 12.5. The topological polar surface area (TPSA) is 38.0 Å². The Morgan fingerprint density at radius 1 is 1.16 bits per heavy atom. The van der Waals surface area contributed by atoms with E-state index in [1.54, 1.807) is 30.3 Å². The largest absolute Gasteiger partial charge is 0.271 e. The van der Waals surface area contributed by atoms with Gasteiger partial charge in [-0.3, -0.25) is 5.84 Å². The van der Waals surface area contributed by atoms with Crippen LogP contribution in [0.1, 0.15) is 17.2 Å². The van der Waals surface area contributed by atoms with Crippen molar-refractivity contribution in [1.82, 2.24) is 5.43 Å². The lowest BCUT2D eigenvalue weighted by atomic mass is 9.99. The number of nitrogens with one attached hydrogen (secondary N) is 1. The van der Waals surface area contributed by atoms with Crippen LogP contribution in [-0.2, 0) is 0 Å². The Balaban J connectivity index is 2.50. The van der Waals surface area contributed by atoms with E-state index in [0.29, 0.717) is 15.1 Å². The van der Waals surface area contributed by atoms with Crippen molar-refractivity contribution in [1.29, 1.82) is 0 Å². The molecule has 0 aliphatic rings. The second-order valence-electron chi connectivity index (χ2n) is 3.92. The van der Waals surface area contributed by atoms with Crippen molar-refractivity contribution in [2.24, 2.45) is 5.84 Å². The van der Waals surface area contributed by atoms with Gasteiger partial charge in [0.25, 0.3) is 0 Å². The molecule has 0 bridgehead atoms. The smallest absolute Gasteiger partial charge is 0.142 e. The van der Waals surface area contributed by atoms with Crippen molar-refractivity contribution in [2.75, 3.05) is 0 Å². The first-order chi connectivity index (χ1) is 9.04. The second kappa shape index (κ2) is 6.33. The maximum absolute atomic E-state index is 14.1. The average Bonchev–Trinajstić information content (AvgIpc) is 2.39. The summed E-state index contributed by atoms with van der Waals surface area (Å²) >= 11 is 12.5. The van der Waals surface area contributed by atoms with Gasteiger partial charge < -0.3 is 0 Å². The van der Waals surface area contributed by atoms with Crippen molar-refractivity contribution in [3.8, 4) is 0 Å². The molecular formula is C13H10Br2ClFN2. The lowest BCUT2D eigenvalue weighted by Gasteiger charge is -2.18. The van der Waals surface area contributed by atoms with Crippen LogP contribution in [0.2, 0.25) is 5.02 Å². The molecule has 0 saturated carbocycles. The molecule has 6 heteroatoms. The second-order valence-corrected chi connectivity index (χ2v) is 6.03. The summed E-state index contributed by atoms with van der Waals surface area (Å²) in [6, 6.07) is 9.99. The molecule has 3 N–H and O–H groups in total. The summed E-state index contributed by atoms with van der Waals surface area (Å²) in [7, 11) is 0. The Hall–Kier alpha value is -0.460. The first-order valence-electron chi connectivity index (χ1n) is 5.39. The van der Waals surface area contributed by atoms with Crippen molar-refractivity contribution < 1.29 is 4.39 Å². The third-order valence-electron chi connectivity index (χ3n) is 2.74. The molecule has 0 saturated heterocycles. The monoisotopic (exact) mass is 406 g/mol. The van der Waals surface area contributed by atoms with E-state index in [4.69, 9.17) is 17.4 Å². The maximum atomic E-state index is 14.1. The van der Waals surface area contributed by atoms with Crippen LogP contribution in [0.4, 0.5) is 4.39 Å². The zero-order valence-electron chi connectivity index (χ0n) is 9.63. The molecule has 0 fully saturated rings. The summed E-state index contributed by atoms with van der Waals surface area (Å²) in [4.78, 5) is 0. The van der Waals surface area contributed by atoms with Crippen molar-refractivity contribution in [2.45, 2.75) is 6.04 Å². The van der Waals surface area contributed by atoms with E-state index in [1.165, 1.54) is 0 Å². The standard InChI is InChI=1S/C13H10Br2ClFN2/c14-9-3-1-2-8(12(9)17)13(19-18)7-4-5-11(16)10(15)6-7/h1-6,13,19H,18H2. The van der Waals surface area contributed by atoms with E-state index in [0.717, 1.165) is 10.0 Å². The minimum Gasteiger partial charge on any atom is -0.271 e. The summed E-state index contributed by atoms with van der Waals surface area (Å²) in [6.45, 7) is 0. The predicted molar refractivity (Wildman–Crippen MR) is 82.4 cm³/mol. The minimum atomic E-state index is -0.453. The number of hydrogen-bond donors (Lipinski definition) is 2. The molecule has 0 heterocycles. The van der Waals surface area contributed by atoms with Crippen LogP contribution >= 0.6 is 43.5 Å². The SMILES string of the molecule is NNC(c1ccc(Cl)c(Br)c1)c1cccc(Br)c1F. The van der Waals surface area contributed by atoms with Gasteiger partial charge in [0.1, 0.15) is 5.82 Å². The third-order valence-corrected chi connectivity index (χ3v) is 4.56. The Kier molecular flexibility index (Phi) is 4.97. The van der Waals surface area contributed by atoms with E-state index in [1.807, 2.05) is 6.07 Å². The number of halogens is 4. The Bertz CT molecular complexity index is 607. The Labute approximate surface area is 132 Å². The van der Waals surface area contributed by atoms with Gasteiger partial charge in [-0.15, -0.1) is 0 Å². The van der Waals surface area contributed by atoms with E-state index in [-0.39, 0.29) is 5.82 Å². The zero-order chi connectivity index (χ0) is 14.0. The van der Waals surface area contributed by atoms with Crippen LogP contribution in [0.25, 0.3) is 0 Å². The van der Waals surface area contributed by atoms with Crippen molar-refractivity contribution in [3.05, 3.63) is 67.3 Å². The number of hydrazine groups is 1. The van der Waals surface area contributed by atoms with E-state index in [9.17, 15) is 4.39 Å². The minimum absolute atomic E-state index is 0.337. The average molecular weight is 408 g/mol. The molecular weight excluding hydrogens is 398 g/mol. The number of nitrogens with two attached hydrogens (primary N) is 1. The van der Waals surface area contributed by atoms with Gasteiger partial charge in [0.2, 0.25) is 0 Å². The summed E-state index contributed by atoms with van der Waals surface area (Å²) in [6.07, 6.45) is 0. The maximum Gasteiger partial charge on any atom is 0.142 e. The van der Waals surface area contributed by atoms with Crippen LogP contribution in [0.5, 0.6) is 0 Å². The molecule has 0 aromatic heterocycles. The molecule has 1 unspecified atom stereocenters. The molecule has 2 aromatic carbocycles. The number of benzene rings is 2. The van der Waals surface area contributed by atoms with Gasteiger partial charge in [0.05, 0.1) is 15.5 Å². The predicted octanol–water partition coefficient (Wildman–Crippen LogP) is 4.56. The molecule has 0 aliphatic heterocycles. The molecule has 1 atom stereocenters. The zero-order valence-corrected chi connectivity index (χ0v) is 13.6. The molecule has 0 aliphatic carbocycles. The fraction of sp³-hybridized carbons (Fsp3) is 0.0769. The quantitative estimate of drug-likeness (QED) is 0.577. The number of hydrogen-bond acceptors (Lipinski definition) is 2. The fourth-order valence-corrected chi connectivity index (χ4v) is 2.70. The highest BCUT2D eigenvalue weighted by atomic mass is 79.9. The molecule has 2 nitrogen and oxygen atoms in total. The van der Waals surface area contributed by atoms with Crippen molar-refractivity contribution >= 4 is 43.5 Å². The number of rotatable bonds is 3. The summed E-state index contributed by atoms with van der Waals surface area (Å²) in [5.41, 5.74) is 3.90. The highest BCUT2D eigenvalue weighted by Crippen LogP contribution is 2.31. The van der Waals surface area contributed by atoms with Gasteiger partial charge in [-0.1, -0.05) is 29.8 Å². The molecule has 19 heavy (non-hydrogen) atoms. The molecule has 0 amide bonds. The lowest BCUT2D eigenvalue weighted by Crippen LogP contribution is -2.29. The van der Waals surface area contributed by atoms with Crippen LogP contribution < -0.4 is 11.3 Å². The molecule has 0 spiro atoms. The van der Waals surface area contributed by atoms with E-state index < -0.39 is 6.04 Å². The van der Waals surface area contributed by atoms with Gasteiger partial charge in [0, 0.05) is 10.0 Å². The van der Waals surface area contributed by atoms with Crippen molar-refractivity contribution in [3.63, 3.8) is 0 Å². The highest BCUT2D eigenvalue weighted by molar-refractivity contribution is 9.10. The van der Waals surface area contributed by atoms with Crippen LogP contribution in [0, 0.1) is 5.82 Å². The van der Waals surface area contributed by atoms with Gasteiger partial charge in [0.15, 0.2) is 0 Å². The third kappa shape index (κ3) is 3.17. The molecule has 100 valence electrons. The molecule has 0 radical (unpaired) electrons. The lowest BCUT2D eigenvalue weighted by molar-refractivity contribution is 0.556. The van der Waals surface area contributed by atoms with Crippen LogP contribution in [0.15, 0.2) is 45.3 Å².